The van der Waals surface area contributed by atoms with Crippen LogP contribution in [0.3, 0.4) is 0 Å². The number of nitrogens with one attached hydrogen (secondary N) is 1. The lowest BCUT2D eigenvalue weighted by Gasteiger charge is -2.09. The Labute approximate surface area is 102 Å². The molecule has 0 spiro atoms. The van der Waals surface area contributed by atoms with Gasteiger partial charge in [0.05, 0.1) is 6.07 Å². The lowest BCUT2D eigenvalue weighted by Crippen LogP contribution is -2.29. The van der Waals surface area contributed by atoms with Crippen molar-refractivity contribution in [2.75, 3.05) is 13.2 Å². The minimum absolute atomic E-state index is 0.203. The number of aromatic carboxylic acids is 1. The molecule has 0 heterocycles. The number of nitriles is 1. The van der Waals surface area contributed by atoms with E-state index in [0.717, 1.165) is 12.1 Å². The molecule has 2 N–H and O–H groups in total. The quantitative estimate of drug-likeness (QED) is 0.745. The van der Waals surface area contributed by atoms with E-state index in [2.05, 4.69) is 5.32 Å². The van der Waals surface area contributed by atoms with Gasteiger partial charge < -0.3 is 15.2 Å². The lowest BCUT2D eigenvalue weighted by atomic mass is 10.2. The van der Waals surface area contributed by atoms with Crippen molar-refractivity contribution in [1.82, 2.24) is 5.32 Å². The molecule has 0 aromatic heterocycles. The smallest absolute Gasteiger partial charge is 0.339 e. The van der Waals surface area contributed by atoms with Gasteiger partial charge in [0.2, 0.25) is 0 Å². The molecule has 1 rings (SSSR count). The van der Waals surface area contributed by atoms with Crippen molar-refractivity contribution >= 4 is 11.9 Å². The molecular weight excluding hydrogens is 243 g/mol. The maximum absolute atomic E-state index is 13.3. The predicted octanol–water partition coefficient (Wildman–Crippen LogP) is 0.542. The lowest BCUT2D eigenvalue weighted by molar-refractivity contribution is -0.122. The van der Waals surface area contributed by atoms with Crippen LogP contribution >= 0.6 is 0 Å². The van der Waals surface area contributed by atoms with E-state index >= 15 is 0 Å². The molecule has 1 aromatic carbocycles. The minimum Gasteiger partial charge on any atom is -0.480 e. The average Bonchev–Trinajstić information content (AvgIpc) is 2.34. The van der Waals surface area contributed by atoms with Crippen LogP contribution in [0.25, 0.3) is 0 Å². The topological polar surface area (TPSA) is 99.4 Å². The molecule has 94 valence electrons. The van der Waals surface area contributed by atoms with Gasteiger partial charge in [-0.25, -0.2) is 9.18 Å². The van der Waals surface area contributed by atoms with Crippen molar-refractivity contribution in [2.45, 2.75) is 0 Å². The van der Waals surface area contributed by atoms with Gasteiger partial charge in [-0.15, -0.1) is 0 Å². The molecule has 18 heavy (non-hydrogen) atoms. The highest BCUT2D eigenvalue weighted by molar-refractivity contribution is 5.91. The van der Waals surface area contributed by atoms with Gasteiger partial charge in [0, 0.05) is 0 Å². The van der Waals surface area contributed by atoms with E-state index < -0.39 is 30.1 Å². The van der Waals surface area contributed by atoms with E-state index in [1.807, 2.05) is 0 Å². The Morgan fingerprint density at radius 1 is 1.50 bits per heavy atom. The van der Waals surface area contributed by atoms with Gasteiger partial charge in [0.15, 0.2) is 18.2 Å². The summed E-state index contributed by atoms with van der Waals surface area (Å²) in [7, 11) is 0. The third-order valence-electron chi connectivity index (χ3n) is 1.91. The minimum atomic E-state index is -1.36. The number of hydrogen-bond acceptors (Lipinski definition) is 4. The van der Waals surface area contributed by atoms with Crippen LogP contribution in [0.2, 0.25) is 0 Å². The molecule has 1 amide bonds. The number of para-hydroxylation sites is 1. The second-order valence-electron chi connectivity index (χ2n) is 3.15. The molecular formula is C11H9FN2O4. The number of hydrogen-bond donors (Lipinski definition) is 2. The summed E-state index contributed by atoms with van der Waals surface area (Å²) in [4.78, 5) is 21.9. The first kappa shape index (κ1) is 13.4. The van der Waals surface area contributed by atoms with Crippen LogP contribution in [-0.4, -0.2) is 30.1 Å². The van der Waals surface area contributed by atoms with Crippen molar-refractivity contribution in [2.24, 2.45) is 0 Å². The SMILES string of the molecule is N#CCNC(=O)COc1c(F)cccc1C(=O)O. The maximum Gasteiger partial charge on any atom is 0.339 e. The Morgan fingerprint density at radius 2 is 2.22 bits per heavy atom. The maximum atomic E-state index is 13.3. The van der Waals surface area contributed by atoms with Crippen molar-refractivity contribution in [1.29, 1.82) is 5.26 Å². The first-order chi connectivity index (χ1) is 8.56. The van der Waals surface area contributed by atoms with Gasteiger partial charge >= 0.3 is 5.97 Å². The van der Waals surface area contributed by atoms with E-state index in [9.17, 15) is 14.0 Å². The number of carboxylic acid groups (broad SMARTS) is 1. The van der Waals surface area contributed by atoms with Gasteiger partial charge in [-0.3, -0.25) is 4.79 Å². The first-order valence-corrected chi connectivity index (χ1v) is 4.84. The highest BCUT2D eigenvalue weighted by Gasteiger charge is 2.16. The van der Waals surface area contributed by atoms with Crippen LogP contribution in [0, 0.1) is 17.1 Å². The van der Waals surface area contributed by atoms with Gasteiger partial charge in [-0.1, -0.05) is 6.07 Å². The van der Waals surface area contributed by atoms with Crippen LogP contribution in [0.5, 0.6) is 5.75 Å². The van der Waals surface area contributed by atoms with Crippen molar-refractivity contribution in [3.05, 3.63) is 29.6 Å². The third kappa shape index (κ3) is 3.45. The monoisotopic (exact) mass is 252 g/mol. The molecule has 0 aliphatic heterocycles. The second kappa shape index (κ2) is 6.20. The van der Waals surface area contributed by atoms with Crippen molar-refractivity contribution in [3.8, 4) is 11.8 Å². The molecule has 0 aliphatic rings. The van der Waals surface area contributed by atoms with Crippen molar-refractivity contribution in [3.63, 3.8) is 0 Å². The summed E-state index contributed by atoms with van der Waals surface area (Å²) < 4.78 is 18.2. The second-order valence-corrected chi connectivity index (χ2v) is 3.15. The molecule has 0 atom stereocenters. The zero-order valence-corrected chi connectivity index (χ0v) is 9.14. The average molecular weight is 252 g/mol. The number of amides is 1. The van der Waals surface area contributed by atoms with Gasteiger partial charge in [-0.2, -0.15) is 5.26 Å². The number of carbonyl (C=O) groups is 2. The number of nitrogens with zero attached hydrogens (tertiary/aromatic N) is 1. The van der Waals surface area contributed by atoms with Crippen molar-refractivity contribution < 1.29 is 23.8 Å². The molecule has 0 unspecified atom stereocenters. The molecule has 0 radical (unpaired) electrons. The molecule has 0 bridgehead atoms. The fraction of sp³-hybridized carbons (Fsp3) is 0.182. The first-order valence-electron chi connectivity index (χ1n) is 4.84. The summed E-state index contributed by atoms with van der Waals surface area (Å²) in [6, 6.07) is 5.09. The number of carbonyl (C=O) groups excluding carboxylic acids is 1. The van der Waals surface area contributed by atoms with E-state index in [-0.39, 0.29) is 12.1 Å². The van der Waals surface area contributed by atoms with E-state index in [1.165, 1.54) is 6.07 Å². The predicted molar refractivity (Wildman–Crippen MR) is 57.5 cm³/mol. The van der Waals surface area contributed by atoms with Crippen LogP contribution in [0.4, 0.5) is 4.39 Å². The third-order valence-corrected chi connectivity index (χ3v) is 1.91. The van der Waals surface area contributed by atoms with E-state index in [0.29, 0.717) is 0 Å². The van der Waals surface area contributed by atoms with Crippen LogP contribution < -0.4 is 10.1 Å². The normalized spacial score (nSPS) is 9.33. The largest absolute Gasteiger partial charge is 0.480 e. The van der Waals surface area contributed by atoms with Gasteiger partial charge in [-0.05, 0) is 12.1 Å². The van der Waals surface area contributed by atoms with Crippen LogP contribution in [0.15, 0.2) is 18.2 Å². The van der Waals surface area contributed by atoms with E-state index in [1.54, 1.807) is 6.07 Å². The Morgan fingerprint density at radius 3 is 2.83 bits per heavy atom. The highest BCUT2D eigenvalue weighted by Crippen LogP contribution is 2.22. The summed E-state index contributed by atoms with van der Waals surface area (Å²) in [6.45, 7) is -0.770. The molecule has 6 nitrogen and oxygen atoms in total. The molecule has 0 fully saturated rings. The Bertz CT molecular complexity index is 510. The Balaban J connectivity index is 2.76. The van der Waals surface area contributed by atoms with Gasteiger partial charge in [0.25, 0.3) is 5.91 Å². The standard InChI is InChI=1S/C11H9FN2O4/c12-8-3-1-2-7(11(16)17)10(8)18-6-9(15)14-5-4-13/h1-3H,5-6H2,(H,14,15)(H,16,17). The summed E-state index contributed by atoms with van der Waals surface area (Å²) >= 11 is 0. The molecule has 1 aromatic rings. The number of halogens is 1. The number of rotatable bonds is 5. The molecule has 0 saturated heterocycles. The summed E-state index contributed by atoms with van der Waals surface area (Å²) in [6.07, 6.45) is 0. The number of ether oxygens (including phenoxy) is 1. The fourth-order valence-corrected chi connectivity index (χ4v) is 1.15. The van der Waals surface area contributed by atoms with Crippen LogP contribution in [0.1, 0.15) is 10.4 Å². The summed E-state index contributed by atoms with van der Waals surface area (Å²) in [5, 5.41) is 19.2. The molecule has 7 heteroatoms. The molecule has 0 saturated carbocycles. The Hall–Kier alpha value is -2.62. The molecule has 0 aliphatic carbocycles. The summed E-state index contributed by atoms with van der Waals surface area (Å²) in [5.74, 6) is -3.38. The Kier molecular flexibility index (Phi) is 4.63. The summed E-state index contributed by atoms with van der Waals surface area (Å²) in [5.41, 5.74) is -0.372. The fourth-order valence-electron chi connectivity index (χ4n) is 1.15. The van der Waals surface area contributed by atoms with Gasteiger partial charge in [0.1, 0.15) is 12.1 Å². The number of carboxylic acids is 1. The van der Waals surface area contributed by atoms with E-state index in [4.69, 9.17) is 15.1 Å². The zero-order chi connectivity index (χ0) is 13.5. The highest BCUT2D eigenvalue weighted by atomic mass is 19.1. The number of benzene rings is 1. The zero-order valence-electron chi connectivity index (χ0n) is 9.14. The van der Waals surface area contributed by atoms with Crippen LogP contribution in [-0.2, 0) is 4.79 Å².